The van der Waals surface area contributed by atoms with E-state index in [9.17, 15) is 0 Å². The average Bonchev–Trinajstić information content (AvgIpc) is 2.52. The summed E-state index contributed by atoms with van der Waals surface area (Å²) in [6.45, 7) is 2.75. The van der Waals surface area contributed by atoms with Gasteiger partial charge in [-0.2, -0.15) is 0 Å². The van der Waals surface area contributed by atoms with E-state index in [2.05, 4.69) is 40.6 Å². The molecule has 0 fully saturated rings. The Balaban J connectivity index is 1.95. The summed E-state index contributed by atoms with van der Waals surface area (Å²) in [5, 5.41) is 4.66. The van der Waals surface area contributed by atoms with Gasteiger partial charge in [0.05, 0.1) is 5.52 Å². The third-order valence-electron chi connectivity index (χ3n) is 3.63. The van der Waals surface area contributed by atoms with E-state index in [-0.39, 0.29) is 0 Å². The van der Waals surface area contributed by atoms with Gasteiger partial charge >= 0.3 is 0 Å². The number of nitrogens with zero attached hydrogens (tertiary/aromatic N) is 3. The van der Waals surface area contributed by atoms with Crippen LogP contribution in [-0.4, -0.2) is 24.1 Å². The molecule has 0 amide bonds. The Bertz CT molecular complexity index is 796. The Morgan fingerprint density at radius 2 is 1.91 bits per heavy atom. The Morgan fingerprint density at radius 3 is 2.68 bits per heavy atom. The molecule has 0 saturated heterocycles. The third kappa shape index (κ3) is 3.01. The van der Waals surface area contributed by atoms with Crippen molar-refractivity contribution in [3.63, 3.8) is 0 Å². The van der Waals surface area contributed by atoms with Gasteiger partial charge in [0, 0.05) is 43.6 Å². The molecule has 112 valence electrons. The lowest BCUT2D eigenvalue weighted by molar-refractivity contribution is 1.06. The molecule has 0 aliphatic rings. The van der Waals surface area contributed by atoms with Crippen molar-refractivity contribution in [1.29, 1.82) is 0 Å². The lowest BCUT2D eigenvalue weighted by Crippen LogP contribution is -2.12. The largest absolute Gasteiger partial charge is 0.381 e. The lowest BCUT2D eigenvalue weighted by Gasteiger charge is -2.16. The minimum absolute atomic E-state index is 0.757. The summed E-state index contributed by atoms with van der Waals surface area (Å²) in [6.07, 6.45) is 1.83. The molecule has 0 saturated carbocycles. The fourth-order valence-corrected chi connectivity index (χ4v) is 2.46. The van der Waals surface area contributed by atoms with Gasteiger partial charge in [-0.1, -0.05) is 18.2 Å². The van der Waals surface area contributed by atoms with E-state index in [0.717, 1.165) is 29.3 Å². The quantitative estimate of drug-likeness (QED) is 0.797. The van der Waals surface area contributed by atoms with Crippen LogP contribution in [0.25, 0.3) is 10.9 Å². The summed E-state index contributed by atoms with van der Waals surface area (Å²) in [5.74, 6) is 0.974. The van der Waals surface area contributed by atoms with Crippen LogP contribution in [0.1, 0.15) is 11.3 Å². The topological polar surface area (TPSA) is 41.0 Å². The van der Waals surface area contributed by atoms with E-state index in [1.54, 1.807) is 0 Å². The molecule has 3 aromatic rings. The predicted octanol–water partition coefficient (Wildman–Crippen LogP) is 3.62. The summed E-state index contributed by atoms with van der Waals surface area (Å²) in [5.41, 5.74) is 4.36. The maximum atomic E-state index is 4.69. The second-order valence-electron chi connectivity index (χ2n) is 5.59. The number of fused-ring (bicyclic) bond motifs is 1. The Morgan fingerprint density at radius 1 is 1.09 bits per heavy atom. The smallest absolute Gasteiger partial charge is 0.129 e. The van der Waals surface area contributed by atoms with Crippen molar-refractivity contribution in [3.05, 3.63) is 59.9 Å². The number of hydrogen-bond donors (Lipinski definition) is 1. The van der Waals surface area contributed by atoms with Crippen molar-refractivity contribution in [2.45, 2.75) is 13.5 Å². The maximum Gasteiger partial charge on any atom is 0.129 e. The number of pyridine rings is 2. The van der Waals surface area contributed by atoms with E-state index in [1.807, 2.05) is 44.2 Å². The van der Waals surface area contributed by atoms with Crippen LogP contribution in [0.5, 0.6) is 0 Å². The van der Waals surface area contributed by atoms with Crippen LogP contribution >= 0.6 is 0 Å². The van der Waals surface area contributed by atoms with Crippen molar-refractivity contribution in [2.75, 3.05) is 24.3 Å². The number of benzene rings is 1. The summed E-state index contributed by atoms with van der Waals surface area (Å²) < 4.78 is 0. The first-order chi connectivity index (χ1) is 10.6. The zero-order valence-electron chi connectivity index (χ0n) is 13.2. The lowest BCUT2D eigenvalue weighted by atomic mass is 10.1. The van der Waals surface area contributed by atoms with Crippen molar-refractivity contribution in [2.24, 2.45) is 0 Å². The normalized spacial score (nSPS) is 10.7. The van der Waals surface area contributed by atoms with E-state index in [0.29, 0.717) is 0 Å². The first-order valence-electron chi connectivity index (χ1n) is 7.36. The summed E-state index contributed by atoms with van der Waals surface area (Å²) >= 11 is 0. The van der Waals surface area contributed by atoms with E-state index in [4.69, 9.17) is 4.98 Å². The number of hydrogen-bond acceptors (Lipinski definition) is 4. The van der Waals surface area contributed by atoms with Gasteiger partial charge in [0.2, 0.25) is 0 Å². The monoisotopic (exact) mass is 292 g/mol. The van der Waals surface area contributed by atoms with Crippen LogP contribution in [0.4, 0.5) is 11.5 Å². The number of aryl methyl sites for hydroxylation is 1. The number of aromatic nitrogens is 2. The highest BCUT2D eigenvalue weighted by atomic mass is 15.1. The van der Waals surface area contributed by atoms with Crippen LogP contribution in [0, 0.1) is 6.92 Å². The molecular formula is C18H20N4. The Hall–Kier alpha value is -2.62. The van der Waals surface area contributed by atoms with Crippen molar-refractivity contribution < 1.29 is 0 Å². The highest BCUT2D eigenvalue weighted by Gasteiger charge is 2.07. The van der Waals surface area contributed by atoms with Gasteiger partial charge in [-0.25, -0.2) is 4.98 Å². The van der Waals surface area contributed by atoms with Gasteiger partial charge < -0.3 is 10.2 Å². The van der Waals surface area contributed by atoms with Gasteiger partial charge in [-0.3, -0.25) is 4.98 Å². The molecule has 1 N–H and O–H groups in total. The summed E-state index contributed by atoms with van der Waals surface area (Å²) in [7, 11) is 4.03. The molecule has 4 nitrogen and oxygen atoms in total. The molecule has 0 bridgehead atoms. The molecule has 2 aromatic heterocycles. The molecule has 2 heterocycles. The number of para-hydroxylation sites is 1. The summed E-state index contributed by atoms with van der Waals surface area (Å²) in [4.78, 5) is 11.0. The Kier molecular flexibility index (Phi) is 3.92. The molecule has 0 aliphatic heterocycles. The van der Waals surface area contributed by atoms with E-state index < -0.39 is 0 Å². The molecular weight excluding hydrogens is 272 g/mol. The molecule has 1 aromatic carbocycles. The van der Waals surface area contributed by atoms with Gasteiger partial charge in [0.15, 0.2) is 0 Å². The van der Waals surface area contributed by atoms with Crippen molar-refractivity contribution in [3.8, 4) is 0 Å². The van der Waals surface area contributed by atoms with E-state index >= 15 is 0 Å². The molecule has 22 heavy (non-hydrogen) atoms. The zero-order chi connectivity index (χ0) is 15.5. The fraction of sp³-hybridized carbons (Fsp3) is 0.222. The van der Waals surface area contributed by atoms with Crippen molar-refractivity contribution in [1.82, 2.24) is 9.97 Å². The standard InChI is InChI=1S/C18H20N4/c1-13-10-15(8-9-19-13)20-12-14-11-18(22(2)3)21-17-7-5-4-6-16(14)17/h4-11H,12H2,1-3H3,(H,19,20). The van der Waals surface area contributed by atoms with Crippen LogP contribution in [0.15, 0.2) is 48.7 Å². The maximum absolute atomic E-state index is 4.69. The molecule has 0 unspecified atom stereocenters. The average molecular weight is 292 g/mol. The van der Waals surface area contributed by atoms with Crippen LogP contribution in [0.3, 0.4) is 0 Å². The highest BCUT2D eigenvalue weighted by Crippen LogP contribution is 2.23. The molecule has 0 spiro atoms. The molecule has 3 rings (SSSR count). The van der Waals surface area contributed by atoms with E-state index in [1.165, 1.54) is 10.9 Å². The minimum atomic E-state index is 0.757. The number of anilines is 2. The number of rotatable bonds is 4. The highest BCUT2D eigenvalue weighted by molar-refractivity contribution is 5.84. The zero-order valence-corrected chi connectivity index (χ0v) is 13.2. The second-order valence-corrected chi connectivity index (χ2v) is 5.59. The molecule has 0 atom stereocenters. The van der Waals surface area contributed by atoms with Crippen LogP contribution in [0.2, 0.25) is 0 Å². The van der Waals surface area contributed by atoms with Crippen LogP contribution < -0.4 is 10.2 Å². The predicted molar refractivity (Wildman–Crippen MR) is 92.4 cm³/mol. The van der Waals surface area contributed by atoms with Gasteiger partial charge in [0.25, 0.3) is 0 Å². The first-order valence-corrected chi connectivity index (χ1v) is 7.36. The molecule has 0 aliphatic carbocycles. The van der Waals surface area contributed by atoms with Crippen molar-refractivity contribution >= 4 is 22.4 Å². The third-order valence-corrected chi connectivity index (χ3v) is 3.63. The van der Waals surface area contributed by atoms with Gasteiger partial charge in [0.1, 0.15) is 5.82 Å². The van der Waals surface area contributed by atoms with Gasteiger partial charge in [-0.15, -0.1) is 0 Å². The van der Waals surface area contributed by atoms with Crippen LogP contribution in [-0.2, 0) is 6.54 Å². The van der Waals surface area contributed by atoms with Gasteiger partial charge in [-0.05, 0) is 36.8 Å². The molecule has 0 radical (unpaired) electrons. The second kappa shape index (κ2) is 6.02. The first kappa shape index (κ1) is 14.3. The summed E-state index contributed by atoms with van der Waals surface area (Å²) in [6, 6.07) is 14.4. The minimum Gasteiger partial charge on any atom is -0.381 e. The molecule has 4 heteroatoms. The Labute approximate surface area is 130 Å². The SMILES string of the molecule is Cc1cc(NCc2cc(N(C)C)nc3ccccc23)ccn1. The number of nitrogens with one attached hydrogen (secondary N) is 1. The fourth-order valence-electron chi connectivity index (χ4n) is 2.46.